The minimum atomic E-state index is -0.963. The van der Waals surface area contributed by atoms with Gasteiger partial charge in [0, 0.05) is 6.42 Å². The van der Waals surface area contributed by atoms with Gasteiger partial charge >= 0.3 is 5.97 Å². The van der Waals surface area contributed by atoms with E-state index < -0.39 is 17.7 Å². The van der Waals surface area contributed by atoms with Crippen LogP contribution in [0.2, 0.25) is 0 Å². The van der Waals surface area contributed by atoms with E-state index in [0.29, 0.717) is 24.3 Å². The van der Waals surface area contributed by atoms with E-state index in [4.69, 9.17) is 14.6 Å². The molecule has 1 atom stereocenters. The highest BCUT2D eigenvalue weighted by molar-refractivity contribution is 5.72. The molecule has 1 spiro atoms. The van der Waals surface area contributed by atoms with Gasteiger partial charge in [0.15, 0.2) is 11.5 Å². The fraction of sp³-hybridized carbons (Fsp3) is 0.417. The lowest BCUT2D eigenvalue weighted by Crippen LogP contribution is -2.45. The van der Waals surface area contributed by atoms with Crippen molar-refractivity contribution in [3.63, 3.8) is 0 Å². The summed E-state index contributed by atoms with van der Waals surface area (Å²) in [7, 11) is 0. The number of hydrogen-bond donors (Lipinski definition) is 1. The van der Waals surface area contributed by atoms with Crippen molar-refractivity contribution in [3.05, 3.63) is 24.3 Å². The zero-order valence-electron chi connectivity index (χ0n) is 8.68. The number of carboxylic acid groups (broad SMARTS) is 1. The maximum absolute atomic E-state index is 11.2. The first-order valence-electron chi connectivity index (χ1n) is 5.41. The Balaban J connectivity index is 1.96. The predicted octanol–water partition coefficient (Wildman–Crippen LogP) is 2.04. The molecule has 2 aliphatic rings. The van der Waals surface area contributed by atoms with Crippen molar-refractivity contribution in [2.45, 2.75) is 25.0 Å². The van der Waals surface area contributed by atoms with Crippen LogP contribution in [0.3, 0.4) is 0 Å². The van der Waals surface area contributed by atoms with Gasteiger partial charge in [-0.15, -0.1) is 0 Å². The molecule has 0 amide bonds. The van der Waals surface area contributed by atoms with Gasteiger partial charge in [-0.05, 0) is 25.0 Å². The molecule has 1 heterocycles. The molecule has 1 aliphatic carbocycles. The highest BCUT2D eigenvalue weighted by Crippen LogP contribution is 2.49. The summed E-state index contributed by atoms with van der Waals surface area (Å²) in [6.07, 6.45) is 2.08. The van der Waals surface area contributed by atoms with Crippen molar-refractivity contribution in [1.29, 1.82) is 0 Å². The van der Waals surface area contributed by atoms with E-state index in [1.165, 1.54) is 0 Å². The van der Waals surface area contributed by atoms with Crippen molar-refractivity contribution in [3.8, 4) is 11.5 Å². The van der Waals surface area contributed by atoms with Crippen LogP contribution in [0.1, 0.15) is 19.3 Å². The number of rotatable bonds is 1. The second-order valence-electron chi connectivity index (χ2n) is 4.25. The summed E-state index contributed by atoms with van der Waals surface area (Å²) in [5, 5.41) is 9.16. The third-order valence-electron chi connectivity index (χ3n) is 3.26. The van der Waals surface area contributed by atoms with Gasteiger partial charge < -0.3 is 14.6 Å². The number of ether oxygens (including phenoxy) is 2. The molecule has 1 N–H and O–H groups in total. The Kier molecular flexibility index (Phi) is 1.87. The second kappa shape index (κ2) is 3.14. The molecule has 4 heteroatoms. The van der Waals surface area contributed by atoms with Crippen LogP contribution in [0.15, 0.2) is 24.3 Å². The Morgan fingerprint density at radius 2 is 1.94 bits per heavy atom. The van der Waals surface area contributed by atoms with E-state index in [1.54, 1.807) is 12.1 Å². The van der Waals surface area contributed by atoms with E-state index in [9.17, 15) is 4.79 Å². The number of fused-ring (bicyclic) bond motifs is 1. The van der Waals surface area contributed by atoms with Crippen molar-refractivity contribution >= 4 is 5.97 Å². The molecule has 1 saturated carbocycles. The molecule has 1 aromatic rings. The summed E-state index contributed by atoms with van der Waals surface area (Å²) < 4.78 is 11.5. The van der Waals surface area contributed by atoms with Crippen LogP contribution in [0.4, 0.5) is 0 Å². The number of benzene rings is 1. The van der Waals surface area contributed by atoms with Crippen molar-refractivity contribution in [1.82, 2.24) is 0 Å². The number of carboxylic acids is 1. The van der Waals surface area contributed by atoms with Gasteiger partial charge in [-0.2, -0.15) is 0 Å². The highest BCUT2D eigenvalue weighted by Gasteiger charge is 2.55. The lowest BCUT2D eigenvalue weighted by atomic mass is 10.0. The molecule has 84 valence electrons. The Bertz CT molecular complexity index is 415. The SMILES string of the molecule is O=C(O)C1CCCC12Oc1ccccc1O2. The zero-order valence-corrected chi connectivity index (χ0v) is 8.68. The molecule has 1 unspecified atom stereocenters. The molecule has 4 nitrogen and oxygen atoms in total. The smallest absolute Gasteiger partial charge is 0.314 e. The van der Waals surface area contributed by atoms with E-state index in [2.05, 4.69) is 0 Å². The highest BCUT2D eigenvalue weighted by atomic mass is 16.7. The number of para-hydroxylation sites is 2. The number of carbonyl (C=O) groups is 1. The molecule has 0 saturated heterocycles. The molecule has 0 bridgehead atoms. The summed E-state index contributed by atoms with van der Waals surface area (Å²) in [5.74, 6) is -1.08. The Hall–Kier alpha value is -1.71. The summed E-state index contributed by atoms with van der Waals surface area (Å²) in [6, 6.07) is 7.32. The number of aliphatic carboxylic acids is 1. The van der Waals surface area contributed by atoms with Gasteiger partial charge in [0.2, 0.25) is 0 Å². The standard InChI is InChI=1S/C12H12O4/c13-11(14)8-4-3-7-12(8)15-9-5-1-2-6-10(9)16-12/h1-2,5-6,8H,3-4,7H2,(H,13,14). The van der Waals surface area contributed by atoms with Gasteiger partial charge in [-0.1, -0.05) is 12.1 Å². The third-order valence-corrected chi connectivity index (χ3v) is 3.26. The van der Waals surface area contributed by atoms with Crippen LogP contribution < -0.4 is 9.47 Å². The lowest BCUT2D eigenvalue weighted by Gasteiger charge is -2.26. The average molecular weight is 220 g/mol. The molecule has 1 aliphatic heterocycles. The molecule has 0 aromatic heterocycles. The first-order valence-corrected chi connectivity index (χ1v) is 5.41. The maximum atomic E-state index is 11.2. The van der Waals surface area contributed by atoms with E-state index >= 15 is 0 Å². The lowest BCUT2D eigenvalue weighted by molar-refractivity contribution is -0.164. The van der Waals surface area contributed by atoms with Crippen molar-refractivity contribution < 1.29 is 19.4 Å². The van der Waals surface area contributed by atoms with Gasteiger partial charge in [-0.25, -0.2) is 0 Å². The summed E-state index contributed by atoms with van der Waals surface area (Å²) in [4.78, 5) is 11.2. The summed E-state index contributed by atoms with van der Waals surface area (Å²) >= 11 is 0. The van der Waals surface area contributed by atoms with Crippen LogP contribution in [0.25, 0.3) is 0 Å². The predicted molar refractivity (Wildman–Crippen MR) is 55.4 cm³/mol. The van der Waals surface area contributed by atoms with Gasteiger partial charge in [0.1, 0.15) is 5.92 Å². The van der Waals surface area contributed by atoms with Crippen LogP contribution in [-0.4, -0.2) is 16.9 Å². The largest absolute Gasteiger partial charge is 0.481 e. The van der Waals surface area contributed by atoms with Crippen LogP contribution in [-0.2, 0) is 4.79 Å². The summed E-state index contributed by atoms with van der Waals surface area (Å²) in [5.41, 5.74) is 0. The van der Waals surface area contributed by atoms with E-state index in [0.717, 1.165) is 6.42 Å². The number of hydrogen-bond acceptors (Lipinski definition) is 3. The molecular weight excluding hydrogens is 208 g/mol. The Morgan fingerprint density at radius 1 is 1.31 bits per heavy atom. The first kappa shape index (κ1) is 9.51. The fourth-order valence-electron chi connectivity index (χ4n) is 2.51. The average Bonchev–Trinajstić information content (AvgIpc) is 2.81. The van der Waals surface area contributed by atoms with Crippen LogP contribution >= 0.6 is 0 Å². The minimum Gasteiger partial charge on any atom is -0.481 e. The van der Waals surface area contributed by atoms with Gasteiger partial charge in [0.25, 0.3) is 5.79 Å². The zero-order chi connectivity index (χ0) is 11.2. The Morgan fingerprint density at radius 3 is 2.50 bits per heavy atom. The normalized spacial score (nSPS) is 24.9. The molecule has 0 radical (unpaired) electrons. The van der Waals surface area contributed by atoms with Crippen molar-refractivity contribution in [2.75, 3.05) is 0 Å². The molecule has 1 fully saturated rings. The molecule has 1 aromatic carbocycles. The quantitative estimate of drug-likeness (QED) is 0.786. The van der Waals surface area contributed by atoms with E-state index in [-0.39, 0.29) is 0 Å². The molecular formula is C12H12O4. The fourth-order valence-corrected chi connectivity index (χ4v) is 2.51. The van der Waals surface area contributed by atoms with Gasteiger partial charge in [0.05, 0.1) is 0 Å². The summed E-state index contributed by atoms with van der Waals surface area (Å²) in [6.45, 7) is 0. The third kappa shape index (κ3) is 1.19. The Labute approximate surface area is 92.8 Å². The van der Waals surface area contributed by atoms with Gasteiger partial charge in [-0.3, -0.25) is 4.79 Å². The van der Waals surface area contributed by atoms with Crippen LogP contribution in [0.5, 0.6) is 11.5 Å². The first-order chi connectivity index (χ1) is 7.71. The second-order valence-corrected chi connectivity index (χ2v) is 4.25. The monoisotopic (exact) mass is 220 g/mol. The molecule has 3 rings (SSSR count). The maximum Gasteiger partial charge on any atom is 0.314 e. The molecule has 16 heavy (non-hydrogen) atoms. The topological polar surface area (TPSA) is 55.8 Å². The minimum absolute atomic E-state index is 0.570. The van der Waals surface area contributed by atoms with Crippen LogP contribution in [0, 0.1) is 5.92 Å². The van der Waals surface area contributed by atoms with E-state index in [1.807, 2.05) is 12.1 Å². The van der Waals surface area contributed by atoms with Crippen molar-refractivity contribution in [2.24, 2.45) is 5.92 Å².